The molecule has 4 fully saturated rings. The summed E-state index contributed by atoms with van der Waals surface area (Å²) in [6.45, 7) is 26.2. The van der Waals surface area contributed by atoms with E-state index in [1.165, 1.54) is 0 Å². The third-order valence-electron chi connectivity index (χ3n) is 8.17. The molecule has 4 saturated heterocycles. The van der Waals surface area contributed by atoms with E-state index in [9.17, 15) is 19.2 Å². The normalized spacial score (nSPS) is 22.0. The van der Waals surface area contributed by atoms with Crippen LogP contribution in [0.25, 0.3) is 0 Å². The predicted molar refractivity (Wildman–Crippen MR) is 178 cm³/mol. The number of hydrogen-bond acceptors (Lipinski definition) is 12. The van der Waals surface area contributed by atoms with Crippen molar-refractivity contribution >= 4 is 23.1 Å². The van der Waals surface area contributed by atoms with E-state index < -0.39 is 0 Å². The lowest BCUT2D eigenvalue weighted by Gasteiger charge is -2.31. The lowest BCUT2D eigenvalue weighted by molar-refractivity contribution is -0.119. The lowest BCUT2D eigenvalue weighted by atomic mass is 10.4. The van der Waals surface area contributed by atoms with Crippen LogP contribution in [0.4, 0.5) is 0 Å². The Kier molecular flexibility index (Phi) is 20.9. The predicted octanol–water partition coefficient (Wildman–Crippen LogP) is -0.709. The van der Waals surface area contributed by atoms with Crippen LogP contribution in [0.5, 0.6) is 0 Å². The van der Waals surface area contributed by atoms with E-state index in [1.54, 1.807) is 27.7 Å². The Balaban J connectivity index is 0.000000293. The highest BCUT2D eigenvalue weighted by Gasteiger charge is 2.16. The number of carbonyl (C=O) groups excluding carboxylic acids is 4. The fourth-order valence-corrected chi connectivity index (χ4v) is 5.28. The van der Waals surface area contributed by atoms with Crippen LogP contribution in [0.3, 0.4) is 0 Å². The van der Waals surface area contributed by atoms with Crippen molar-refractivity contribution in [3.8, 4) is 0 Å². The molecule has 0 unspecified atom stereocenters. The van der Waals surface area contributed by atoms with Gasteiger partial charge in [0.2, 0.25) is 0 Å². The maximum atomic E-state index is 10.7. The van der Waals surface area contributed by atoms with Gasteiger partial charge in [0.05, 0.1) is 26.2 Å². The zero-order chi connectivity index (χ0) is 33.1. The van der Waals surface area contributed by atoms with Gasteiger partial charge in [-0.1, -0.05) is 0 Å². The van der Waals surface area contributed by atoms with E-state index in [0.29, 0.717) is 26.2 Å². The number of carbonyl (C=O) groups is 4. The van der Waals surface area contributed by atoms with Crippen molar-refractivity contribution in [1.29, 1.82) is 0 Å². The molecule has 4 heterocycles. The van der Waals surface area contributed by atoms with Gasteiger partial charge in [-0.3, -0.25) is 38.8 Å². The summed E-state index contributed by atoms with van der Waals surface area (Å²) in [7, 11) is 8.46. The van der Waals surface area contributed by atoms with Gasteiger partial charge in [0, 0.05) is 105 Å². The molecular weight excluding hydrogens is 576 g/mol. The minimum Gasteiger partial charge on any atom is -0.304 e. The number of Topliss-reactive ketones (excluding diaryl/α,β-unsaturated/α-hetero) is 4. The van der Waals surface area contributed by atoms with Crippen LogP contribution in [0.1, 0.15) is 27.7 Å². The molecule has 0 aromatic rings. The van der Waals surface area contributed by atoms with Crippen molar-refractivity contribution in [2.45, 2.75) is 27.7 Å². The summed E-state index contributed by atoms with van der Waals surface area (Å²) >= 11 is 0. The summed E-state index contributed by atoms with van der Waals surface area (Å²) in [5.41, 5.74) is 0. The molecule has 4 aliphatic heterocycles. The first-order chi connectivity index (χ1) is 20.7. The molecule has 0 spiro atoms. The molecule has 0 aliphatic carbocycles. The van der Waals surface area contributed by atoms with Gasteiger partial charge in [0.1, 0.15) is 23.1 Å². The number of ketones is 4. The number of rotatable bonds is 8. The van der Waals surface area contributed by atoms with Crippen molar-refractivity contribution in [3.63, 3.8) is 0 Å². The molecule has 0 saturated carbocycles. The Morgan fingerprint density at radius 3 is 0.727 bits per heavy atom. The van der Waals surface area contributed by atoms with Gasteiger partial charge in [-0.15, -0.1) is 0 Å². The second-order valence-electron chi connectivity index (χ2n) is 13.1. The first-order valence-corrected chi connectivity index (χ1v) is 16.3. The second kappa shape index (κ2) is 22.8. The number of hydrogen-bond donors (Lipinski definition) is 0. The average Bonchev–Trinajstić information content (AvgIpc) is 2.94. The third-order valence-corrected chi connectivity index (χ3v) is 8.17. The van der Waals surface area contributed by atoms with E-state index in [4.69, 9.17) is 0 Å². The van der Waals surface area contributed by atoms with E-state index in [1.807, 2.05) is 0 Å². The Labute approximate surface area is 268 Å². The van der Waals surface area contributed by atoms with Crippen LogP contribution in [-0.4, -0.2) is 221 Å². The number of piperazine rings is 4. The summed E-state index contributed by atoms with van der Waals surface area (Å²) in [6, 6.07) is 0. The largest absolute Gasteiger partial charge is 0.304 e. The van der Waals surface area contributed by atoms with Gasteiger partial charge in [0.15, 0.2) is 0 Å². The van der Waals surface area contributed by atoms with Gasteiger partial charge in [-0.25, -0.2) is 0 Å². The van der Waals surface area contributed by atoms with Crippen molar-refractivity contribution in [2.24, 2.45) is 0 Å². The van der Waals surface area contributed by atoms with Gasteiger partial charge in [0.25, 0.3) is 0 Å². The molecule has 0 radical (unpaired) electrons. The standard InChI is InChI=1S/4C8H16N2O/c4*1-8(11)7-10-5-3-9(2)4-6-10/h4*3-7H2,1-2H3/i3+1,5+1,8+1,10+1;3+1,5+1,7+1,10+1;7+1,10+1,11+2;7+1,8+1,11+2. The van der Waals surface area contributed by atoms with Crippen molar-refractivity contribution in [3.05, 3.63) is 0 Å². The highest BCUT2D eigenvalue weighted by Crippen LogP contribution is 2.00. The molecule has 12 nitrogen and oxygen atoms in total. The summed E-state index contributed by atoms with van der Waals surface area (Å²) in [6.07, 6.45) is 0. The lowest BCUT2D eigenvalue weighted by Crippen LogP contribution is -2.45. The van der Waals surface area contributed by atoms with Crippen LogP contribution in [0, 0.1) is 0 Å². The van der Waals surface area contributed by atoms with Crippen LogP contribution in [0.15, 0.2) is 0 Å². The molecular formula is C32H64N8O4. The number of likely N-dealkylation sites (N-methyl/N-ethyl adjacent to an activating group) is 4. The average molecular weight is 641 g/mol. The Bertz CT molecular complexity index is 692. The first-order valence-electron chi connectivity index (χ1n) is 16.3. The van der Waals surface area contributed by atoms with Crippen LogP contribution >= 0.6 is 0 Å². The van der Waals surface area contributed by atoms with Gasteiger partial charge in [-0.05, 0) is 55.9 Å². The molecule has 0 amide bonds. The Morgan fingerprint density at radius 1 is 0.386 bits per heavy atom. The third kappa shape index (κ3) is 21.2. The van der Waals surface area contributed by atoms with Gasteiger partial charge >= 0.3 is 0 Å². The molecule has 12 heteroatoms. The molecule has 0 N–H and O–H groups in total. The van der Waals surface area contributed by atoms with Crippen molar-refractivity contribution in [1.82, 2.24) is 39.2 Å². The van der Waals surface area contributed by atoms with Gasteiger partial charge in [-0.2, -0.15) is 0 Å². The molecule has 44 heavy (non-hydrogen) atoms. The summed E-state index contributed by atoms with van der Waals surface area (Å²) in [5, 5.41) is 0. The minimum absolute atomic E-state index is 0.273. The zero-order valence-electron chi connectivity index (χ0n) is 29.4. The molecule has 256 valence electrons. The Hall–Kier alpha value is -1.64. The van der Waals surface area contributed by atoms with Crippen LogP contribution in [-0.2, 0) is 19.2 Å². The van der Waals surface area contributed by atoms with Gasteiger partial charge < -0.3 is 19.6 Å². The minimum atomic E-state index is 0.273. The fourth-order valence-electron chi connectivity index (χ4n) is 5.28. The maximum Gasteiger partial charge on any atom is 0.143 e. The molecule has 0 atom stereocenters. The van der Waals surface area contributed by atoms with Crippen LogP contribution in [0.2, 0.25) is 0 Å². The Morgan fingerprint density at radius 2 is 0.568 bits per heavy atom. The quantitative estimate of drug-likeness (QED) is 0.191. The molecule has 4 rings (SSSR count). The molecule has 0 bridgehead atoms. The van der Waals surface area contributed by atoms with Crippen LogP contribution < -0.4 is 0 Å². The topological polar surface area (TPSA) is 94.2 Å². The molecule has 4 aliphatic rings. The van der Waals surface area contributed by atoms with Crippen molar-refractivity contribution < 1.29 is 19.2 Å². The summed E-state index contributed by atoms with van der Waals surface area (Å²) < 4.78 is 0. The zero-order valence-corrected chi connectivity index (χ0v) is 29.4. The molecule has 0 aromatic heterocycles. The smallest absolute Gasteiger partial charge is 0.143 e. The fraction of sp³-hybridized carbons (Fsp3) is 0.875. The maximum absolute atomic E-state index is 10.7. The number of nitrogens with zero attached hydrogens (tertiary/aromatic N) is 8. The van der Waals surface area contributed by atoms with E-state index in [-0.39, 0.29) is 23.1 Å². The van der Waals surface area contributed by atoms with E-state index in [0.717, 1.165) is 105 Å². The molecule has 0 aromatic carbocycles. The highest BCUT2D eigenvalue weighted by atomic mass is 18.1. The monoisotopic (exact) mass is 641 g/mol. The highest BCUT2D eigenvalue weighted by molar-refractivity contribution is 5.78. The second-order valence-corrected chi connectivity index (χ2v) is 13.1. The van der Waals surface area contributed by atoms with E-state index >= 15 is 0 Å². The van der Waals surface area contributed by atoms with Crippen molar-refractivity contribution in [2.75, 3.05) is 159 Å². The summed E-state index contributed by atoms with van der Waals surface area (Å²) in [4.78, 5) is 60.9. The summed E-state index contributed by atoms with van der Waals surface area (Å²) in [5.74, 6) is 1.09. The SMILES string of the molecule is CC(=O)[13CH2][15N]1CCN(C)[13CH2][13CH2]1.CC(=[18O])[13CH2][15N]1CCN(C)CC1.C[13C](=O)C[15N]1CCN(C)[13CH2][13CH2]1.C[13C](=[18O])[13CH2]N1CCN(C)CC1. The first kappa shape index (κ1) is 40.4. The van der Waals surface area contributed by atoms with E-state index in [2.05, 4.69) is 67.4 Å².